The molecule has 0 heterocycles. The van der Waals surface area contributed by atoms with Crippen LogP contribution in [0.3, 0.4) is 0 Å². The van der Waals surface area contributed by atoms with Crippen molar-refractivity contribution in [3.63, 3.8) is 0 Å². The van der Waals surface area contributed by atoms with E-state index in [1.807, 2.05) is 24.3 Å². The van der Waals surface area contributed by atoms with Gasteiger partial charge in [0.2, 0.25) is 0 Å². The maximum absolute atomic E-state index is 9.43. The number of unbranched alkanes of at least 4 members (excludes halogenated alkanes) is 2. The number of hydrogen-bond acceptors (Lipinski definition) is 2. The van der Waals surface area contributed by atoms with E-state index in [9.17, 15) is 5.11 Å². The molecule has 0 aliphatic rings. The smallest absolute Gasteiger partial charge is 0.119 e. The quantitative estimate of drug-likeness (QED) is 0.704. The third-order valence-electron chi connectivity index (χ3n) is 4.18. The Bertz CT molecular complexity index is 568. The highest BCUT2D eigenvalue weighted by Gasteiger charge is 2.22. The van der Waals surface area contributed by atoms with Crippen molar-refractivity contribution in [1.82, 2.24) is 0 Å². The van der Waals surface area contributed by atoms with Gasteiger partial charge in [0.1, 0.15) is 11.5 Å². The van der Waals surface area contributed by atoms with Crippen LogP contribution in [0.5, 0.6) is 11.5 Å². The zero-order chi connectivity index (χ0) is 16.0. The Morgan fingerprint density at radius 2 is 1.41 bits per heavy atom. The van der Waals surface area contributed by atoms with Crippen molar-refractivity contribution in [3.05, 3.63) is 59.7 Å². The van der Waals surface area contributed by atoms with Crippen molar-refractivity contribution in [2.75, 3.05) is 6.61 Å². The van der Waals surface area contributed by atoms with Crippen LogP contribution in [-0.2, 0) is 5.41 Å². The van der Waals surface area contributed by atoms with Gasteiger partial charge in [0.15, 0.2) is 0 Å². The van der Waals surface area contributed by atoms with Gasteiger partial charge in [0.05, 0.1) is 6.61 Å². The fourth-order valence-corrected chi connectivity index (χ4v) is 2.55. The summed E-state index contributed by atoms with van der Waals surface area (Å²) in [5.74, 6) is 1.23. The Hall–Kier alpha value is -1.96. The molecule has 0 aliphatic carbocycles. The van der Waals surface area contributed by atoms with E-state index in [0.717, 1.165) is 18.8 Å². The molecule has 1 N–H and O–H groups in total. The largest absolute Gasteiger partial charge is 0.508 e. The lowest BCUT2D eigenvalue weighted by Crippen LogP contribution is -2.18. The molecule has 22 heavy (non-hydrogen) atoms. The molecular formula is C20H26O2. The predicted molar refractivity (Wildman–Crippen MR) is 91.7 cm³/mol. The summed E-state index contributed by atoms with van der Waals surface area (Å²) in [6, 6.07) is 15.8. The molecule has 2 heteroatoms. The van der Waals surface area contributed by atoms with E-state index in [4.69, 9.17) is 4.74 Å². The van der Waals surface area contributed by atoms with Gasteiger partial charge in [-0.15, -0.1) is 0 Å². The van der Waals surface area contributed by atoms with Crippen molar-refractivity contribution < 1.29 is 9.84 Å². The highest BCUT2D eigenvalue weighted by Crippen LogP contribution is 2.33. The van der Waals surface area contributed by atoms with E-state index >= 15 is 0 Å². The molecule has 2 rings (SSSR count). The third kappa shape index (κ3) is 4.03. The van der Waals surface area contributed by atoms with E-state index in [0.29, 0.717) is 5.75 Å². The van der Waals surface area contributed by atoms with Crippen molar-refractivity contribution in [2.24, 2.45) is 0 Å². The summed E-state index contributed by atoms with van der Waals surface area (Å²) in [6.45, 7) is 7.36. The SMILES string of the molecule is CCCCCOc1ccc(C(C)(C)c2ccc(O)cc2)cc1. The first-order valence-electron chi connectivity index (χ1n) is 8.07. The highest BCUT2D eigenvalue weighted by molar-refractivity contribution is 5.41. The second kappa shape index (κ2) is 7.35. The first-order chi connectivity index (χ1) is 10.5. The fourth-order valence-electron chi connectivity index (χ4n) is 2.55. The van der Waals surface area contributed by atoms with E-state index in [1.165, 1.54) is 24.0 Å². The minimum absolute atomic E-state index is 0.103. The van der Waals surface area contributed by atoms with Gasteiger partial charge < -0.3 is 9.84 Å². The van der Waals surface area contributed by atoms with Crippen LogP contribution in [0, 0.1) is 0 Å². The summed E-state index contributed by atoms with van der Waals surface area (Å²) >= 11 is 0. The fraction of sp³-hybridized carbons (Fsp3) is 0.400. The van der Waals surface area contributed by atoms with Crippen LogP contribution in [0.2, 0.25) is 0 Å². The van der Waals surface area contributed by atoms with Crippen molar-refractivity contribution in [3.8, 4) is 11.5 Å². The Kier molecular flexibility index (Phi) is 5.48. The van der Waals surface area contributed by atoms with Gasteiger partial charge in [-0.25, -0.2) is 0 Å². The number of benzene rings is 2. The molecule has 0 amide bonds. The maximum Gasteiger partial charge on any atom is 0.119 e. The van der Waals surface area contributed by atoms with Crippen LogP contribution in [-0.4, -0.2) is 11.7 Å². The van der Waals surface area contributed by atoms with E-state index in [1.54, 1.807) is 12.1 Å². The van der Waals surface area contributed by atoms with Gasteiger partial charge in [-0.1, -0.05) is 57.9 Å². The van der Waals surface area contributed by atoms with E-state index in [-0.39, 0.29) is 5.41 Å². The molecule has 0 aliphatic heterocycles. The highest BCUT2D eigenvalue weighted by atomic mass is 16.5. The molecule has 0 aromatic heterocycles. The van der Waals surface area contributed by atoms with Crippen molar-refractivity contribution in [1.29, 1.82) is 0 Å². The lowest BCUT2D eigenvalue weighted by molar-refractivity contribution is 0.306. The number of phenolic OH excluding ortho intramolecular Hbond substituents is 1. The van der Waals surface area contributed by atoms with Gasteiger partial charge in [-0.2, -0.15) is 0 Å². The van der Waals surface area contributed by atoms with Crippen LogP contribution < -0.4 is 4.74 Å². The molecule has 0 saturated heterocycles. The molecule has 2 nitrogen and oxygen atoms in total. The minimum atomic E-state index is -0.103. The molecule has 0 spiro atoms. The summed E-state index contributed by atoms with van der Waals surface area (Å²) in [7, 11) is 0. The monoisotopic (exact) mass is 298 g/mol. The summed E-state index contributed by atoms with van der Waals surface area (Å²) in [6.07, 6.45) is 3.53. The second-order valence-electron chi connectivity index (χ2n) is 6.25. The molecule has 0 fully saturated rings. The van der Waals surface area contributed by atoms with Crippen LogP contribution >= 0.6 is 0 Å². The number of aromatic hydroxyl groups is 1. The van der Waals surface area contributed by atoms with Gasteiger partial charge in [0, 0.05) is 5.41 Å². The molecule has 0 atom stereocenters. The summed E-state index contributed by atoms with van der Waals surface area (Å²) in [5, 5.41) is 9.43. The van der Waals surface area contributed by atoms with Gasteiger partial charge in [-0.05, 0) is 41.8 Å². The minimum Gasteiger partial charge on any atom is -0.508 e. The number of hydrogen-bond donors (Lipinski definition) is 1. The second-order valence-corrected chi connectivity index (χ2v) is 6.25. The Morgan fingerprint density at radius 3 is 1.95 bits per heavy atom. The third-order valence-corrected chi connectivity index (χ3v) is 4.18. The van der Waals surface area contributed by atoms with Gasteiger partial charge >= 0.3 is 0 Å². The molecule has 118 valence electrons. The zero-order valence-electron chi connectivity index (χ0n) is 13.8. The van der Waals surface area contributed by atoms with Crippen molar-refractivity contribution in [2.45, 2.75) is 45.4 Å². The van der Waals surface area contributed by atoms with E-state index in [2.05, 4.69) is 32.9 Å². The molecule has 2 aromatic rings. The van der Waals surface area contributed by atoms with Gasteiger partial charge in [-0.3, -0.25) is 0 Å². The maximum atomic E-state index is 9.43. The average molecular weight is 298 g/mol. The van der Waals surface area contributed by atoms with Crippen LogP contribution in [0.25, 0.3) is 0 Å². The molecule has 0 bridgehead atoms. The average Bonchev–Trinajstić information content (AvgIpc) is 2.52. The molecule has 0 unspecified atom stereocenters. The van der Waals surface area contributed by atoms with Crippen LogP contribution in [0.1, 0.15) is 51.2 Å². The normalized spacial score (nSPS) is 11.4. The topological polar surface area (TPSA) is 29.5 Å². The number of phenols is 1. The molecule has 2 aromatic carbocycles. The van der Waals surface area contributed by atoms with Crippen molar-refractivity contribution >= 4 is 0 Å². The number of rotatable bonds is 7. The molecular weight excluding hydrogens is 272 g/mol. The Morgan fingerprint density at radius 1 is 0.864 bits per heavy atom. The first-order valence-corrected chi connectivity index (χ1v) is 8.07. The van der Waals surface area contributed by atoms with Crippen LogP contribution in [0.15, 0.2) is 48.5 Å². The summed E-state index contributed by atoms with van der Waals surface area (Å²) in [4.78, 5) is 0. The Balaban J connectivity index is 2.06. The van der Waals surface area contributed by atoms with Gasteiger partial charge in [0.25, 0.3) is 0 Å². The molecule has 0 radical (unpaired) electrons. The number of ether oxygens (including phenoxy) is 1. The lowest BCUT2D eigenvalue weighted by atomic mass is 9.78. The first kappa shape index (κ1) is 16.4. The van der Waals surface area contributed by atoms with Crippen LogP contribution in [0.4, 0.5) is 0 Å². The summed E-state index contributed by atoms with van der Waals surface area (Å²) in [5.41, 5.74) is 2.31. The lowest BCUT2D eigenvalue weighted by Gasteiger charge is -2.26. The zero-order valence-corrected chi connectivity index (χ0v) is 13.8. The Labute approximate surface area is 133 Å². The predicted octanol–water partition coefficient (Wildman–Crippen LogP) is 5.29. The molecule has 0 saturated carbocycles. The summed E-state index contributed by atoms with van der Waals surface area (Å²) < 4.78 is 5.76. The standard InChI is InChI=1S/C20H26O2/c1-4-5-6-15-22-19-13-9-17(10-14-19)20(2,3)16-7-11-18(21)12-8-16/h7-14,21H,4-6,15H2,1-3H3. The van der Waals surface area contributed by atoms with E-state index < -0.39 is 0 Å².